The molecule has 1 aromatic heterocycles. The first-order chi connectivity index (χ1) is 16.3. The maximum absolute atomic E-state index is 10.3. The average Bonchev–Trinajstić information content (AvgIpc) is 3.31. The van der Waals surface area contributed by atoms with Crippen molar-refractivity contribution in [1.82, 2.24) is 15.0 Å². The van der Waals surface area contributed by atoms with Crippen LogP contribution in [0.1, 0.15) is 49.9 Å². The molecule has 4 heteroatoms. The largest absolute Gasteiger partial charge is 0.506 e. The van der Waals surface area contributed by atoms with E-state index in [9.17, 15) is 5.11 Å². The lowest BCUT2D eigenvalue weighted by molar-refractivity contribution is 0.480. The molecule has 0 amide bonds. The first kappa shape index (κ1) is 21.9. The topological polar surface area (TPSA) is 50.9 Å². The molecular formula is C30H29N3O. The van der Waals surface area contributed by atoms with Gasteiger partial charge in [-0.05, 0) is 46.5 Å². The standard InChI is InChI=1S/C30H29N3O/c1-29(2,21-12-7-5-8-13-21)23-18-24(30(3,4)22-14-9-6-10-15-22)20-25(19-23)33-31-26-16-11-17-27(34)28(26)32-33/h5-20,34H,1-4H3. The second-order valence-corrected chi connectivity index (χ2v) is 9.88. The van der Waals surface area contributed by atoms with Gasteiger partial charge in [0, 0.05) is 10.8 Å². The Morgan fingerprint density at radius 3 is 1.62 bits per heavy atom. The zero-order valence-corrected chi connectivity index (χ0v) is 20.0. The normalized spacial score (nSPS) is 12.2. The molecule has 1 heterocycles. The molecule has 0 spiro atoms. The maximum Gasteiger partial charge on any atom is 0.155 e. The molecule has 170 valence electrons. The van der Waals surface area contributed by atoms with E-state index in [2.05, 4.69) is 105 Å². The summed E-state index contributed by atoms with van der Waals surface area (Å²) < 4.78 is 0. The van der Waals surface area contributed by atoms with E-state index in [1.807, 2.05) is 18.2 Å². The molecule has 0 aliphatic carbocycles. The summed E-state index contributed by atoms with van der Waals surface area (Å²) in [5.41, 5.74) is 6.42. The van der Waals surface area contributed by atoms with Crippen LogP contribution in [-0.4, -0.2) is 20.1 Å². The number of rotatable bonds is 5. The van der Waals surface area contributed by atoms with Gasteiger partial charge in [-0.15, -0.1) is 10.2 Å². The third-order valence-corrected chi connectivity index (χ3v) is 6.97. The molecular weight excluding hydrogens is 418 g/mol. The van der Waals surface area contributed by atoms with Gasteiger partial charge in [0.25, 0.3) is 0 Å². The van der Waals surface area contributed by atoms with Crippen LogP contribution in [-0.2, 0) is 10.8 Å². The van der Waals surface area contributed by atoms with Crippen LogP contribution in [0.5, 0.6) is 5.75 Å². The van der Waals surface area contributed by atoms with E-state index in [1.165, 1.54) is 22.3 Å². The van der Waals surface area contributed by atoms with E-state index in [4.69, 9.17) is 0 Å². The third-order valence-electron chi connectivity index (χ3n) is 6.97. The van der Waals surface area contributed by atoms with Crippen molar-refractivity contribution in [2.24, 2.45) is 0 Å². The fourth-order valence-electron chi connectivity index (χ4n) is 4.53. The number of nitrogens with zero attached hydrogens (tertiary/aromatic N) is 3. The Balaban J connectivity index is 1.74. The van der Waals surface area contributed by atoms with E-state index < -0.39 is 0 Å². The van der Waals surface area contributed by atoms with Crippen LogP contribution in [0.25, 0.3) is 16.7 Å². The lowest BCUT2D eigenvalue weighted by Gasteiger charge is -2.31. The predicted molar refractivity (Wildman–Crippen MR) is 138 cm³/mol. The van der Waals surface area contributed by atoms with Crippen LogP contribution < -0.4 is 0 Å². The van der Waals surface area contributed by atoms with Gasteiger partial charge in [-0.3, -0.25) is 0 Å². The van der Waals surface area contributed by atoms with Gasteiger partial charge in [0.05, 0.1) is 5.69 Å². The smallest absolute Gasteiger partial charge is 0.155 e. The number of benzene rings is 4. The summed E-state index contributed by atoms with van der Waals surface area (Å²) in [4.78, 5) is 1.64. The van der Waals surface area contributed by atoms with E-state index in [0.717, 1.165) is 5.69 Å². The summed E-state index contributed by atoms with van der Waals surface area (Å²) >= 11 is 0. The summed E-state index contributed by atoms with van der Waals surface area (Å²) in [6.45, 7) is 9.00. The van der Waals surface area contributed by atoms with Crippen molar-refractivity contribution in [2.75, 3.05) is 0 Å². The Labute approximate surface area is 200 Å². The summed E-state index contributed by atoms with van der Waals surface area (Å²) in [6, 6.07) is 33.0. The number of aromatic hydroxyl groups is 1. The van der Waals surface area contributed by atoms with E-state index in [0.29, 0.717) is 11.0 Å². The Kier molecular flexibility index (Phi) is 5.24. The first-order valence-electron chi connectivity index (χ1n) is 11.6. The minimum absolute atomic E-state index is 0.134. The van der Waals surface area contributed by atoms with Crippen LogP contribution in [0, 0.1) is 0 Å². The van der Waals surface area contributed by atoms with Crippen LogP contribution in [0.15, 0.2) is 97.1 Å². The quantitative estimate of drug-likeness (QED) is 0.323. The number of aromatic nitrogens is 3. The molecule has 0 atom stereocenters. The first-order valence-corrected chi connectivity index (χ1v) is 11.6. The Morgan fingerprint density at radius 1 is 0.588 bits per heavy atom. The molecule has 0 saturated carbocycles. The monoisotopic (exact) mass is 447 g/mol. The molecule has 5 rings (SSSR count). The summed E-state index contributed by atoms with van der Waals surface area (Å²) in [6.07, 6.45) is 0. The lowest BCUT2D eigenvalue weighted by atomic mass is 9.73. The van der Waals surface area contributed by atoms with Gasteiger partial charge in [-0.25, -0.2) is 0 Å². The van der Waals surface area contributed by atoms with Crippen molar-refractivity contribution in [3.8, 4) is 11.4 Å². The summed E-state index contributed by atoms with van der Waals surface area (Å²) in [5, 5.41) is 19.6. The fourth-order valence-corrected chi connectivity index (χ4v) is 4.53. The van der Waals surface area contributed by atoms with Crippen molar-refractivity contribution < 1.29 is 5.11 Å². The second kappa shape index (κ2) is 8.14. The third kappa shape index (κ3) is 3.75. The van der Waals surface area contributed by atoms with Gasteiger partial charge in [0.2, 0.25) is 0 Å². The van der Waals surface area contributed by atoms with Crippen LogP contribution in [0.4, 0.5) is 0 Å². The zero-order valence-electron chi connectivity index (χ0n) is 20.0. The van der Waals surface area contributed by atoms with Crippen molar-refractivity contribution >= 4 is 11.0 Å². The highest BCUT2D eigenvalue weighted by Crippen LogP contribution is 2.38. The minimum atomic E-state index is -0.229. The van der Waals surface area contributed by atoms with E-state index >= 15 is 0 Å². The molecule has 0 aliphatic rings. The van der Waals surface area contributed by atoms with Crippen LogP contribution in [0.2, 0.25) is 0 Å². The fraction of sp³-hybridized carbons (Fsp3) is 0.200. The van der Waals surface area contributed by atoms with Crippen molar-refractivity contribution in [1.29, 1.82) is 0 Å². The summed E-state index contributed by atoms with van der Waals surface area (Å²) in [5.74, 6) is 0.134. The number of phenolic OH excluding ortho intramolecular Hbond substituents is 1. The SMILES string of the molecule is CC(C)(c1ccccc1)c1cc(-n2nc3cccc(O)c3n2)cc(C(C)(C)c2ccccc2)c1. The van der Waals surface area contributed by atoms with Gasteiger partial charge < -0.3 is 5.11 Å². The predicted octanol–water partition coefficient (Wildman–Crippen LogP) is 6.78. The van der Waals surface area contributed by atoms with Gasteiger partial charge in [-0.2, -0.15) is 4.80 Å². The number of hydrogen-bond acceptors (Lipinski definition) is 3. The van der Waals surface area contributed by atoms with Crippen molar-refractivity contribution in [2.45, 2.75) is 38.5 Å². The number of fused-ring (bicyclic) bond motifs is 1. The Hall–Kier alpha value is -3.92. The Bertz CT molecular complexity index is 1380. The molecule has 4 nitrogen and oxygen atoms in total. The maximum atomic E-state index is 10.3. The van der Waals surface area contributed by atoms with E-state index in [-0.39, 0.29) is 16.6 Å². The number of hydrogen-bond donors (Lipinski definition) is 1. The van der Waals surface area contributed by atoms with E-state index in [1.54, 1.807) is 16.9 Å². The zero-order chi connectivity index (χ0) is 23.9. The highest BCUT2D eigenvalue weighted by Gasteiger charge is 2.29. The second-order valence-electron chi connectivity index (χ2n) is 9.88. The molecule has 0 fully saturated rings. The van der Waals surface area contributed by atoms with Crippen molar-refractivity contribution in [3.63, 3.8) is 0 Å². The van der Waals surface area contributed by atoms with Gasteiger partial charge in [0.1, 0.15) is 11.3 Å². The molecule has 0 unspecified atom stereocenters. The molecule has 5 aromatic rings. The average molecular weight is 448 g/mol. The summed E-state index contributed by atoms with van der Waals surface area (Å²) in [7, 11) is 0. The highest BCUT2D eigenvalue weighted by atomic mass is 16.3. The van der Waals surface area contributed by atoms with Crippen molar-refractivity contribution in [3.05, 3.63) is 119 Å². The molecule has 0 radical (unpaired) electrons. The highest BCUT2D eigenvalue weighted by molar-refractivity contribution is 5.80. The molecule has 0 bridgehead atoms. The molecule has 4 aromatic carbocycles. The number of phenols is 1. The molecule has 0 aliphatic heterocycles. The van der Waals surface area contributed by atoms with Crippen LogP contribution >= 0.6 is 0 Å². The lowest BCUT2D eigenvalue weighted by Crippen LogP contribution is -2.24. The Morgan fingerprint density at radius 2 is 1.12 bits per heavy atom. The molecule has 34 heavy (non-hydrogen) atoms. The van der Waals surface area contributed by atoms with Gasteiger partial charge in [-0.1, -0.05) is 100 Å². The molecule has 0 saturated heterocycles. The minimum Gasteiger partial charge on any atom is -0.506 e. The van der Waals surface area contributed by atoms with Crippen LogP contribution in [0.3, 0.4) is 0 Å². The van der Waals surface area contributed by atoms with Gasteiger partial charge in [0.15, 0.2) is 5.52 Å². The molecule has 1 N–H and O–H groups in total. The van der Waals surface area contributed by atoms with Gasteiger partial charge >= 0.3 is 0 Å².